The molecule has 1 amide bonds. The SMILES string of the molecule is Cn1ccc2c(Nc3cc(NC4CCCCC4NC(=O)O)ccc3C#N)cccc21. The van der Waals surface area contributed by atoms with Gasteiger partial charge in [0, 0.05) is 41.6 Å². The molecule has 1 aliphatic carbocycles. The maximum absolute atomic E-state index is 11.1. The third-order valence-electron chi connectivity index (χ3n) is 5.76. The van der Waals surface area contributed by atoms with Crippen molar-refractivity contribution in [3.8, 4) is 6.07 Å². The molecule has 0 spiro atoms. The van der Waals surface area contributed by atoms with Crippen LogP contribution in [0.3, 0.4) is 0 Å². The van der Waals surface area contributed by atoms with Gasteiger partial charge >= 0.3 is 6.09 Å². The fourth-order valence-electron chi connectivity index (χ4n) is 4.24. The molecule has 1 fully saturated rings. The first kappa shape index (κ1) is 19.6. The number of carboxylic acid groups (broad SMARTS) is 1. The summed E-state index contributed by atoms with van der Waals surface area (Å²) in [5, 5.41) is 29.3. The lowest BCUT2D eigenvalue weighted by atomic mass is 9.90. The lowest BCUT2D eigenvalue weighted by molar-refractivity contribution is 0.184. The van der Waals surface area contributed by atoms with E-state index in [4.69, 9.17) is 5.11 Å². The summed E-state index contributed by atoms with van der Waals surface area (Å²) in [5.74, 6) is 0. The van der Waals surface area contributed by atoms with E-state index >= 15 is 0 Å². The molecule has 4 N–H and O–H groups in total. The molecule has 1 aromatic heterocycles. The molecule has 3 aromatic rings. The van der Waals surface area contributed by atoms with E-state index in [0.29, 0.717) is 5.56 Å². The summed E-state index contributed by atoms with van der Waals surface area (Å²) in [5.41, 5.74) is 4.18. The molecule has 1 saturated carbocycles. The van der Waals surface area contributed by atoms with Crippen LogP contribution in [0, 0.1) is 11.3 Å². The summed E-state index contributed by atoms with van der Waals surface area (Å²) in [6, 6.07) is 15.8. The highest BCUT2D eigenvalue weighted by Crippen LogP contribution is 2.31. The molecule has 0 saturated heterocycles. The van der Waals surface area contributed by atoms with Gasteiger partial charge in [0.1, 0.15) is 6.07 Å². The van der Waals surface area contributed by atoms with Crippen LogP contribution < -0.4 is 16.0 Å². The van der Waals surface area contributed by atoms with E-state index in [1.54, 1.807) is 6.07 Å². The van der Waals surface area contributed by atoms with Crippen molar-refractivity contribution in [2.75, 3.05) is 10.6 Å². The lowest BCUT2D eigenvalue weighted by Crippen LogP contribution is -2.48. The second-order valence-corrected chi connectivity index (χ2v) is 7.75. The molecule has 0 radical (unpaired) electrons. The molecule has 2 aromatic carbocycles. The highest BCUT2D eigenvalue weighted by Gasteiger charge is 2.26. The average Bonchev–Trinajstić information content (AvgIpc) is 3.11. The van der Waals surface area contributed by atoms with Crippen LogP contribution in [-0.4, -0.2) is 27.9 Å². The topological polar surface area (TPSA) is 102 Å². The van der Waals surface area contributed by atoms with Gasteiger partial charge in [0.05, 0.1) is 17.3 Å². The van der Waals surface area contributed by atoms with Crippen molar-refractivity contribution in [2.24, 2.45) is 7.05 Å². The van der Waals surface area contributed by atoms with E-state index in [1.807, 2.05) is 37.5 Å². The number of carbonyl (C=O) groups is 1. The number of hydrogen-bond acceptors (Lipinski definition) is 4. The third-order valence-corrected chi connectivity index (χ3v) is 5.76. The Kier molecular flexibility index (Phi) is 5.48. The van der Waals surface area contributed by atoms with Crippen LogP contribution in [0.1, 0.15) is 31.2 Å². The Bertz CT molecular complexity index is 1110. The molecule has 0 bridgehead atoms. The van der Waals surface area contributed by atoms with Crippen LogP contribution >= 0.6 is 0 Å². The molecule has 1 heterocycles. The minimum Gasteiger partial charge on any atom is -0.465 e. The fraction of sp³-hybridized carbons (Fsp3) is 0.304. The Hall–Kier alpha value is -3.66. The van der Waals surface area contributed by atoms with Crippen molar-refractivity contribution in [3.05, 3.63) is 54.2 Å². The number of nitriles is 1. The van der Waals surface area contributed by atoms with Crippen LogP contribution in [0.4, 0.5) is 21.9 Å². The van der Waals surface area contributed by atoms with Gasteiger partial charge in [-0.1, -0.05) is 18.9 Å². The van der Waals surface area contributed by atoms with E-state index in [2.05, 4.69) is 38.7 Å². The zero-order valence-electron chi connectivity index (χ0n) is 16.9. The number of hydrogen-bond donors (Lipinski definition) is 4. The van der Waals surface area contributed by atoms with Crippen molar-refractivity contribution in [1.82, 2.24) is 9.88 Å². The van der Waals surface area contributed by atoms with Gasteiger partial charge in [-0.25, -0.2) is 4.79 Å². The zero-order valence-corrected chi connectivity index (χ0v) is 16.9. The maximum Gasteiger partial charge on any atom is 0.404 e. The van der Waals surface area contributed by atoms with E-state index in [1.165, 1.54) is 0 Å². The normalized spacial score (nSPS) is 18.5. The molecule has 2 atom stereocenters. The van der Waals surface area contributed by atoms with Crippen molar-refractivity contribution < 1.29 is 9.90 Å². The minimum absolute atomic E-state index is 0.0215. The summed E-state index contributed by atoms with van der Waals surface area (Å²) >= 11 is 0. The van der Waals surface area contributed by atoms with Gasteiger partial charge in [-0.15, -0.1) is 0 Å². The molecule has 1 aliphatic rings. The molecule has 4 rings (SSSR count). The van der Waals surface area contributed by atoms with E-state index in [9.17, 15) is 10.1 Å². The molecule has 0 aliphatic heterocycles. The predicted molar refractivity (Wildman–Crippen MR) is 118 cm³/mol. The number of rotatable bonds is 5. The Morgan fingerprint density at radius 1 is 1.13 bits per heavy atom. The molecule has 2 unspecified atom stereocenters. The first-order chi connectivity index (χ1) is 14.5. The Morgan fingerprint density at radius 2 is 1.93 bits per heavy atom. The number of benzene rings is 2. The van der Waals surface area contributed by atoms with Gasteiger partial charge in [-0.05, 0) is 49.2 Å². The van der Waals surface area contributed by atoms with Gasteiger partial charge in [0.15, 0.2) is 0 Å². The molecule has 7 nitrogen and oxygen atoms in total. The average molecular weight is 403 g/mol. The van der Waals surface area contributed by atoms with Crippen molar-refractivity contribution in [2.45, 2.75) is 37.8 Å². The number of aryl methyl sites for hydroxylation is 1. The van der Waals surface area contributed by atoms with Crippen LogP contribution in [0.5, 0.6) is 0 Å². The third kappa shape index (κ3) is 4.03. The van der Waals surface area contributed by atoms with E-state index in [0.717, 1.165) is 53.6 Å². The molecular weight excluding hydrogens is 378 g/mol. The smallest absolute Gasteiger partial charge is 0.404 e. The van der Waals surface area contributed by atoms with Crippen LogP contribution in [0.15, 0.2) is 48.7 Å². The Morgan fingerprint density at radius 3 is 2.70 bits per heavy atom. The first-order valence-corrected chi connectivity index (χ1v) is 10.2. The largest absolute Gasteiger partial charge is 0.465 e. The standard InChI is InChI=1S/C23H25N5O2/c1-28-12-11-17-18(7-4-8-22(17)28)26-21-13-16(10-9-15(21)14-24)25-19-5-2-3-6-20(19)27-23(29)30/h4,7-13,19-20,25-27H,2-3,5-6H2,1H3,(H,29,30). The van der Waals surface area contributed by atoms with Gasteiger partial charge < -0.3 is 25.6 Å². The molecule has 7 heteroatoms. The van der Waals surface area contributed by atoms with Crippen LogP contribution in [0.25, 0.3) is 10.9 Å². The number of fused-ring (bicyclic) bond motifs is 1. The van der Waals surface area contributed by atoms with Gasteiger partial charge in [-0.2, -0.15) is 5.26 Å². The summed E-state index contributed by atoms with van der Waals surface area (Å²) in [6.45, 7) is 0. The van der Waals surface area contributed by atoms with Gasteiger partial charge in [0.25, 0.3) is 0 Å². The summed E-state index contributed by atoms with van der Waals surface area (Å²) in [7, 11) is 2.00. The Labute approximate surface area is 175 Å². The van der Waals surface area contributed by atoms with Crippen molar-refractivity contribution in [3.63, 3.8) is 0 Å². The van der Waals surface area contributed by atoms with Gasteiger partial charge in [0.2, 0.25) is 0 Å². The highest BCUT2D eigenvalue weighted by atomic mass is 16.4. The van der Waals surface area contributed by atoms with Gasteiger partial charge in [-0.3, -0.25) is 0 Å². The monoisotopic (exact) mass is 403 g/mol. The first-order valence-electron chi connectivity index (χ1n) is 10.2. The quantitative estimate of drug-likeness (QED) is 0.491. The van der Waals surface area contributed by atoms with E-state index in [-0.39, 0.29) is 12.1 Å². The summed E-state index contributed by atoms with van der Waals surface area (Å²) in [4.78, 5) is 11.1. The highest BCUT2D eigenvalue weighted by molar-refractivity contribution is 5.94. The molecular formula is C23H25N5O2. The molecule has 30 heavy (non-hydrogen) atoms. The van der Waals surface area contributed by atoms with E-state index < -0.39 is 6.09 Å². The zero-order chi connectivity index (χ0) is 21.1. The lowest BCUT2D eigenvalue weighted by Gasteiger charge is -2.32. The number of aromatic nitrogens is 1. The second kappa shape index (κ2) is 8.37. The summed E-state index contributed by atoms with van der Waals surface area (Å²) in [6.07, 6.45) is 4.82. The molecule has 154 valence electrons. The number of nitrogens with zero attached hydrogens (tertiary/aromatic N) is 2. The Balaban J connectivity index is 1.60. The maximum atomic E-state index is 11.1. The number of anilines is 3. The van der Waals surface area contributed by atoms with Crippen molar-refractivity contribution in [1.29, 1.82) is 5.26 Å². The second-order valence-electron chi connectivity index (χ2n) is 7.75. The summed E-state index contributed by atoms with van der Waals surface area (Å²) < 4.78 is 2.06. The number of amides is 1. The minimum atomic E-state index is -0.994. The number of nitrogens with one attached hydrogen (secondary N) is 3. The predicted octanol–water partition coefficient (Wildman–Crippen LogP) is 4.78. The fourth-order valence-corrected chi connectivity index (χ4v) is 4.24. The van der Waals surface area contributed by atoms with Crippen LogP contribution in [-0.2, 0) is 7.05 Å². The van der Waals surface area contributed by atoms with Crippen molar-refractivity contribution >= 4 is 34.1 Å². The van der Waals surface area contributed by atoms with Crippen LogP contribution in [0.2, 0.25) is 0 Å².